The van der Waals surface area contributed by atoms with Gasteiger partial charge in [0.05, 0.1) is 32.0 Å². The average molecular weight is 261 g/mol. The standard InChI is InChI=1S/C13H27NO4/c1-14-13(10-15,12-4-5-12)11-18-9-8-17-7-3-6-16-2/h12,14-15H,3-11H2,1-2H3. The van der Waals surface area contributed by atoms with Gasteiger partial charge in [0.1, 0.15) is 0 Å². The van der Waals surface area contributed by atoms with E-state index in [-0.39, 0.29) is 12.1 Å². The SMILES string of the molecule is CNC(CO)(COCCOCCCOC)C1CC1. The fourth-order valence-corrected chi connectivity index (χ4v) is 2.06. The van der Waals surface area contributed by atoms with E-state index in [1.165, 1.54) is 12.8 Å². The van der Waals surface area contributed by atoms with Gasteiger partial charge in [0.25, 0.3) is 0 Å². The van der Waals surface area contributed by atoms with Crippen LogP contribution >= 0.6 is 0 Å². The van der Waals surface area contributed by atoms with E-state index in [4.69, 9.17) is 14.2 Å². The predicted molar refractivity (Wildman–Crippen MR) is 69.7 cm³/mol. The highest BCUT2D eigenvalue weighted by atomic mass is 16.5. The van der Waals surface area contributed by atoms with Gasteiger partial charge in [-0.2, -0.15) is 0 Å². The molecule has 1 aliphatic carbocycles. The van der Waals surface area contributed by atoms with Crippen LogP contribution in [0.3, 0.4) is 0 Å². The molecule has 2 N–H and O–H groups in total. The van der Waals surface area contributed by atoms with E-state index in [1.807, 2.05) is 7.05 Å². The number of ether oxygens (including phenoxy) is 3. The lowest BCUT2D eigenvalue weighted by atomic mass is 9.96. The number of hydrogen-bond acceptors (Lipinski definition) is 5. The maximum Gasteiger partial charge on any atom is 0.0701 e. The van der Waals surface area contributed by atoms with Crippen LogP contribution in [-0.4, -0.2) is 64.4 Å². The Hall–Kier alpha value is -0.200. The molecule has 0 aromatic heterocycles. The zero-order valence-electron chi connectivity index (χ0n) is 11.6. The van der Waals surface area contributed by atoms with Crippen LogP contribution < -0.4 is 5.32 Å². The average Bonchev–Trinajstić information content (AvgIpc) is 3.23. The van der Waals surface area contributed by atoms with E-state index in [2.05, 4.69) is 5.32 Å². The maximum atomic E-state index is 9.50. The van der Waals surface area contributed by atoms with Crippen LogP contribution in [0.2, 0.25) is 0 Å². The zero-order chi connectivity index (χ0) is 13.3. The molecule has 0 amide bonds. The lowest BCUT2D eigenvalue weighted by Gasteiger charge is -2.31. The van der Waals surface area contributed by atoms with Crippen LogP contribution in [0.5, 0.6) is 0 Å². The quantitative estimate of drug-likeness (QED) is 0.499. The molecule has 0 heterocycles. The number of rotatable bonds is 12. The van der Waals surface area contributed by atoms with Crippen molar-refractivity contribution in [2.45, 2.75) is 24.8 Å². The van der Waals surface area contributed by atoms with Crippen LogP contribution in [0.25, 0.3) is 0 Å². The molecule has 1 rings (SSSR count). The molecular formula is C13H27NO4. The molecule has 5 nitrogen and oxygen atoms in total. The normalized spacial score (nSPS) is 18.8. The van der Waals surface area contributed by atoms with Crippen molar-refractivity contribution in [3.63, 3.8) is 0 Å². The second kappa shape index (κ2) is 8.82. The zero-order valence-corrected chi connectivity index (χ0v) is 11.6. The van der Waals surface area contributed by atoms with Crippen molar-refractivity contribution >= 4 is 0 Å². The first kappa shape index (κ1) is 15.9. The van der Waals surface area contributed by atoms with E-state index in [9.17, 15) is 5.11 Å². The molecule has 0 aromatic carbocycles. The summed E-state index contributed by atoms with van der Waals surface area (Å²) >= 11 is 0. The number of aliphatic hydroxyl groups is 1. The van der Waals surface area contributed by atoms with E-state index in [0.29, 0.717) is 32.3 Å². The molecule has 1 saturated carbocycles. The molecule has 0 aromatic rings. The Labute approximate surface area is 110 Å². The highest BCUT2D eigenvalue weighted by Crippen LogP contribution is 2.39. The molecule has 18 heavy (non-hydrogen) atoms. The molecule has 1 unspecified atom stereocenters. The van der Waals surface area contributed by atoms with Crippen LogP contribution in [0, 0.1) is 5.92 Å². The second-order valence-electron chi connectivity index (χ2n) is 4.85. The second-order valence-corrected chi connectivity index (χ2v) is 4.85. The Morgan fingerprint density at radius 3 is 2.44 bits per heavy atom. The summed E-state index contributed by atoms with van der Waals surface area (Å²) in [5, 5.41) is 12.7. The van der Waals surface area contributed by atoms with Gasteiger partial charge in [0, 0.05) is 20.3 Å². The van der Waals surface area contributed by atoms with E-state index in [1.54, 1.807) is 7.11 Å². The van der Waals surface area contributed by atoms with Gasteiger partial charge in [-0.3, -0.25) is 0 Å². The molecule has 0 radical (unpaired) electrons. The van der Waals surface area contributed by atoms with Crippen molar-refractivity contribution < 1.29 is 19.3 Å². The summed E-state index contributed by atoms with van der Waals surface area (Å²) in [6.45, 7) is 3.28. The molecule has 0 aliphatic heterocycles. The van der Waals surface area contributed by atoms with Crippen molar-refractivity contribution in [3.05, 3.63) is 0 Å². The largest absolute Gasteiger partial charge is 0.394 e. The van der Waals surface area contributed by atoms with E-state index >= 15 is 0 Å². The Kier molecular flexibility index (Phi) is 7.77. The summed E-state index contributed by atoms with van der Waals surface area (Å²) in [5.74, 6) is 0.551. The molecule has 1 fully saturated rings. The summed E-state index contributed by atoms with van der Waals surface area (Å²) in [6, 6.07) is 0. The third-order valence-corrected chi connectivity index (χ3v) is 3.51. The van der Waals surface area contributed by atoms with Gasteiger partial charge in [-0.1, -0.05) is 0 Å². The third kappa shape index (κ3) is 5.20. The summed E-state index contributed by atoms with van der Waals surface area (Å²) in [7, 11) is 3.58. The lowest BCUT2D eigenvalue weighted by Crippen LogP contribution is -2.52. The Balaban J connectivity index is 2.01. The van der Waals surface area contributed by atoms with Gasteiger partial charge >= 0.3 is 0 Å². The molecule has 1 aliphatic rings. The van der Waals surface area contributed by atoms with Crippen molar-refractivity contribution in [2.75, 3.05) is 53.8 Å². The van der Waals surface area contributed by atoms with Gasteiger partial charge in [0.15, 0.2) is 0 Å². The van der Waals surface area contributed by atoms with Crippen molar-refractivity contribution in [1.29, 1.82) is 0 Å². The summed E-state index contributed by atoms with van der Waals surface area (Å²) in [4.78, 5) is 0. The first-order valence-electron chi connectivity index (χ1n) is 6.73. The maximum absolute atomic E-state index is 9.50. The Morgan fingerprint density at radius 2 is 1.89 bits per heavy atom. The number of aliphatic hydroxyl groups excluding tert-OH is 1. The molecule has 0 saturated heterocycles. The minimum Gasteiger partial charge on any atom is -0.394 e. The molecule has 1 atom stereocenters. The minimum atomic E-state index is -0.254. The van der Waals surface area contributed by atoms with E-state index in [0.717, 1.165) is 13.0 Å². The van der Waals surface area contributed by atoms with E-state index < -0.39 is 0 Å². The van der Waals surface area contributed by atoms with Gasteiger partial charge in [-0.05, 0) is 32.2 Å². The van der Waals surface area contributed by atoms with Crippen LogP contribution in [-0.2, 0) is 14.2 Å². The summed E-state index contributed by atoms with van der Waals surface area (Å²) in [6.07, 6.45) is 3.27. The Bertz CT molecular complexity index is 205. The fourth-order valence-electron chi connectivity index (χ4n) is 2.06. The smallest absolute Gasteiger partial charge is 0.0701 e. The lowest BCUT2D eigenvalue weighted by molar-refractivity contribution is -0.00412. The fraction of sp³-hybridized carbons (Fsp3) is 1.00. The number of methoxy groups -OCH3 is 1. The van der Waals surface area contributed by atoms with Crippen molar-refractivity contribution in [1.82, 2.24) is 5.32 Å². The summed E-state index contributed by atoms with van der Waals surface area (Å²) in [5.41, 5.74) is -0.254. The first-order chi connectivity index (χ1) is 8.79. The van der Waals surface area contributed by atoms with Crippen LogP contribution in [0.4, 0.5) is 0 Å². The first-order valence-corrected chi connectivity index (χ1v) is 6.73. The molecule has 0 spiro atoms. The Morgan fingerprint density at radius 1 is 1.17 bits per heavy atom. The highest BCUT2D eigenvalue weighted by molar-refractivity contribution is 5.00. The minimum absolute atomic E-state index is 0.128. The van der Waals surface area contributed by atoms with Crippen LogP contribution in [0.15, 0.2) is 0 Å². The monoisotopic (exact) mass is 261 g/mol. The van der Waals surface area contributed by atoms with Gasteiger partial charge in [-0.15, -0.1) is 0 Å². The summed E-state index contributed by atoms with van der Waals surface area (Å²) < 4.78 is 15.9. The van der Waals surface area contributed by atoms with Crippen molar-refractivity contribution in [2.24, 2.45) is 5.92 Å². The topological polar surface area (TPSA) is 60.0 Å². The molecule has 5 heteroatoms. The van der Waals surface area contributed by atoms with Crippen molar-refractivity contribution in [3.8, 4) is 0 Å². The van der Waals surface area contributed by atoms with Gasteiger partial charge in [-0.25, -0.2) is 0 Å². The van der Waals surface area contributed by atoms with Crippen LogP contribution in [0.1, 0.15) is 19.3 Å². The number of likely N-dealkylation sites (N-methyl/N-ethyl adjacent to an activating group) is 1. The molecule has 0 bridgehead atoms. The molecular weight excluding hydrogens is 234 g/mol. The highest BCUT2D eigenvalue weighted by Gasteiger charge is 2.43. The third-order valence-electron chi connectivity index (χ3n) is 3.51. The van der Waals surface area contributed by atoms with Gasteiger partial charge in [0.2, 0.25) is 0 Å². The predicted octanol–water partition coefficient (Wildman–Crippen LogP) is 0.417. The number of hydrogen-bond donors (Lipinski definition) is 2. The van der Waals surface area contributed by atoms with Gasteiger partial charge < -0.3 is 24.6 Å². The number of nitrogens with one attached hydrogen (secondary N) is 1. The molecule has 108 valence electrons.